The first-order valence-electron chi connectivity index (χ1n) is 6.22. The van der Waals surface area contributed by atoms with Crippen LogP contribution in [0.4, 0.5) is 10.5 Å². The van der Waals surface area contributed by atoms with E-state index in [2.05, 4.69) is 31.3 Å². The summed E-state index contributed by atoms with van der Waals surface area (Å²) in [5.41, 5.74) is 7.43. The number of carbonyl (C=O) groups is 1. The first-order valence-corrected chi connectivity index (χ1v) is 6.22. The molecule has 2 unspecified atom stereocenters. The van der Waals surface area contributed by atoms with Gasteiger partial charge in [0.15, 0.2) is 5.82 Å². The molecule has 20 heavy (non-hydrogen) atoms. The highest BCUT2D eigenvalue weighted by Gasteiger charge is 2.13. The highest BCUT2D eigenvalue weighted by Crippen LogP contribution is 2.15. The summed E-state index contributed by atoms with van der Waals surface area (Å²) in [6, 6.07) is 6.62. The third-order valence-corrected chi connectivity index (χ3v) is 2.77. The van der Waals surface area contributed by atoms with Crippen molar-refractivity contribution in [3.8, 4) is 0 Å². The molecular weight excluding hydrogens is 258 g/mol. The minimum atomic E-state index is -0.343. The predicted molar refractivity (Wildman–Crippen MR) is 73.8 cm³/mol. The summed E-state index contributed by atoms with van der Waals surface area (Å²) in [5, 5.41) is 18.8. The van der Waals surface area contributed by atoms with Gasteiger partial charge in [-0.05, 0) is 31.5 Å². The third kappa shape index (κ3) is 3.51. The summed E-state index contributed by atoms with van der Waals surface area (Å²) in [7, 11) is 0. The summed E-state index contributed by atoms with van der Waals surface area (Å²) in [5.74, 6) is 0.421. The van der Waals surface area contributed by atoms with E-state index in [1.807, 2.05) is 25.1 Å². The largest absolute Gasteiger partial charge is 0.328 e. The second kappa shape index (κ2) is 6.11. The van der Waals surface area contributed by atoms with Gasteiger partial charge in [0.25, 0.3) is 0 Å². The van der Waals surface area contributed by atoms with Crippen LogP contribution in [0.5, 0.6) is 0 Å². The van der Waals surface area contributed by atoms with E-state index < -0.39 is 0 Å². The molecule has 106 valence electrons. The maximum absolute atomic E-state index is 11.9. The highest BCUT2D eigenvalue weighted by atomic mass is 16.2. The quantitative estimate of drug-likeness (QED) is 0.665. The van der Waals surface area contributed by atoms with Crippen molar-refractivity contribution in [2.24, 2.45) is 5.73 Å². The van der Waals surface area contributed by atoms with Crippen molar-refractivity contribution in [3.05, 3.63) is 35.7 Å². The zero-order valence-electron chi connectivity index (χ0n) is 11.3. The zero-order chi connectivity index (χ0) is 14.5. The number of urea groups is 1. The SMILES string of the molecule is CC(N)c1cccc(NC(=O)NC(C)c2nn[nH]n2)c1. The molecule has 0 saturated carbocycles. The Balaban J connectivity index is 1.96. The fourth-order valence-corrected chi connectivity index (χ4v) is 1.68. The van der Waals surface area contributed by atoms with Gasteiger partial charge in [0.05, 0.1) is 6.04 Å². The number of aromatic amines is 1. The number of anilines is 1. The number of amides is 2. The number of benzene rings is 1. The molecule has 0 radical (unpaired) electrons. The number of nitrogens with one attached hydrogen (secondary N) is 3. The zero-order valence-corrected chi connectivity index (χ0v) is 11.3. The van der Waals surface area contributed by atoms with Crippen LogP contribution in [0.3, 0.4) is 0 Å². The summed E-state index contributed by atoms with van der Waals surface area (Å²) in [6.45, 7) is 3.65. The van der Waals surface area contributed by atoms with E-state index in [-0.39, 0.29) is 18.1 Å². The van der Waals surface area contributed by atoms with Gasteiger partial charge in [-0.15, -0.1) is 10.2 Å². The van der Waals surface area contributed by atoms with Crippen LogP contribution in [0.1, 0.15) is 37.3 Å². The molecule has 2 atom stereocenters. The Morgan fingerprint density at radius 3 is 2.85 bits per heavy atom. The van der Waals surface area contributed by atoms with Gasteiger partial charge in [-0.25, -0.2) is 4.79 Å². The van der Waals surface area contributed by atoms with Crippen LogP contribution in [-0.2, 0) is 0 Å². The standard InChI is InChI=1S/C12H17N7O/c1-7(13)9-4-3-5-10(6-9)15-12(20)14-8(2)11-16-18-19-17-11/h3-8H,13H2,1-2H3,(H2,14,15,20)(H,16,17,18,19). The molecule has 8 nitrogen and oxygen atoms in total. The van der Waals surface area contributed by atoms with E-state index in [0.717, 1.165) is 5.56 Å². The van der Waals surface area contributed by atoms with Gasteiger partial charge >= 0.3 is 6.03 Å². The summed E-state index contributed by atoms with van der Waals surface area (Å²) in [6.07, 6.45) is 0. The number of aromatic nitrogens is 4. The maximum atomic E-state index is 11.9. The van der Waals surface area contributed by atoms with Crippen LogP contribution < -0.4 is 16.4 Å². The molecule has 0 spiro atoms. The molecule has 0 aliphatic carbocycles. The van der Waals surface area contributed by atoms with Crippen molar-refractivity contribution in [2.75, 3.05) is 5.32 Å². The van der Waals surface area contributed by atoms with Crippen LogP contribution >= 0.6 is 0 Å². The Bertz CT molecular complexity index is 567. The minimum absolute atomic E-state index is 0.0851. The monoisotopic (exact) mass is 275 g/mol. The van der Waals surface area contributed by atoms with Gasteiger partial charge in [-0.3, -0.25) is 0 Å². The number of rotatable bonds is 4. The van der Waals surface area contributed by atoms with E-state index in [1.54, 1.807) is 13.0 Å². The van der Waals surface area contributed by atoms with Gasteiger partial charge in [0.2, 0.25) is 0 Å². The molecule has 1 aromatic heterocycles. The number of nitrogens with two attached hydrogens (primary N) is 1. The van der Waals surface area contributed by atoms with E-state index in [4.69, 9.17) is 5.73 Å². The van der Waals surface area contributed by atoms with Gasteiger partial charge < -0.3 is 16.4 Å². The van der Waals surface area contributed by atoms with Crippen molar-refractivity contribution < 1.29 is 4.79 Å². The van der Waals surface area contributed by atoms with Gasteiger partial charge in [-0.1, -0.05) is 17.3 Å². The second-order valence-corrected chi connectivity index (χ2v) is 4.50. The smallest absolute Gasteiger partial charge is 0.319 e. The number of tetrazole rings is 1. The lowest BCUT2D eigenvalue weighted by atomic mass is 10.1. The Hall–Kier alpha value is -2.48. The van der Waals surface area contributed by atoms with Crippen LogP contribution in [0.2, 0.25) is 0 Å². The van der Waals surface area contributed by atoms with Gasteiger partial charge in [-0.2, -0.15) is 5.21 Å². The molecule has 2 amide bonds. The molecule has 0 bridgehead atoms. The van der Waals surface area contributed by atoms with Crippen molar-refractivity contribution in [1.29, 1.82) is 0 Å². The number of H-pyrrole nitrogens is 1. The molecule has 1 aromatic carbocycles. The number of nitrogens with zero attached hydrogens (tertiary/aromatic N) is 3. The lowest BCUT2D eigenvalue weighted by Crippen LogP contribution is -2.31. The lowest BCUT2D eigenvalue weighted by molar-refractivity contribution is 0.249. The molecule has 8 heteroatoms. The van der Waals surface area contributed by atoms with Crippen LogP contribution in [-0.4, -0.2) is 26.7 Å². The number of hydrogen-bond acceptors (Lipinski definition) is 5. The second-order valence-electron chi connectivity index (χ2n) is 4.50. The van der Waals surface area contributed by atoms with E-state index >= 15 is 0 Å². The van der Waals surface area contributed by atoms with E-state index in [9.17, 15) is 4.79 Å². The Labute approximate surface area is 116 Å². The summed E-state index contributed by atoms with van der Waals surface area (Å²) >= 11 is 0. The fraction of sp³-hybridized carbons (Fsp3) is 0.333. The minimum Gasteiger partial charge on any atom is -0.328 e. The van der Waals surface area contributed by atoms with Crippen molar-refractivity contribution in [2.45, 2.75) is 25.9 Å². The molecule has 0 aliphatic rings. The number of hydrogen-bond donors (Lipinski definition) is 4. The van der Waals surface area contributed by atoms with Crippen LogP contribution in [0, 0.1) is 0 Å². The lowest BCUT2D eigenvalue weighted by Gasteiger charge is -2.13. The number of carbonyl (C=O) groups excluding carboxylic acids is 1. The first-order chi connectivity index (χ1) is 9.56. The van der Waals surface area contributed by atoms with Crippen LogP contribution in [0.25, 0.3) is 0 Å². The molecule has 5 N–H and O–H groups in total. The predicted octanol–water partition coefficient (Wildman–Crippen LogP) is 1.10. The van der Waals surface area contributed by atoms with E-state index in [0.29, 0.717) is 11.5 Å². The highest BCUT2D eigenvalue weighted by molar-refractivity contribution is 5.89. The average Bonchev–Trinajstić information content (AvgIpc) is 2.92. The van der Waals surface area contributed by atoms with Crippen molar-refractivity contribution >= 4 is 11.7 Å². The Kier molecular flexibility index (Phi) is 4.26. The molecule has 0 aliphatic heterocycles. The van der Waals surface area contributed by atoms with Gasteiger partial charge in [0.1, 0.15) is 0 Å². The van der Waals surface area contributed by atoms with Crippen molar-refractivity contribution in [3.63, 3.8) is 0 Å². The summed E-state index contributed by atoms with van der Waals surface area (Å²) in [4.78, 5) is 11.9. The molecule has 0 fully saturated rings. The Morgan fingerprint density at radius 1 is 1.40 bits per heavy atom. The van der Waals surface area contributed by atoms with Gasteiger partial charge in [0, 0.05) is 11.7 Å². The normalized spacial score (nSPS) is 13.6. The Morgan fingerprint density at radius 2 is 2.20 bits per heavy atom. The topological polar surface area (TPSA) is 122 Å². The molecule has 2 aromatic rings. The maximum Gasteiger partial charge on any atom is 0.319 e. The molecular formula is C12H17N7O. The average molecular weight is 275 g/mol. The third-order valence-electron chi connectivity index (χ3n) is 2.77. The van der Waals surface area contributed by atoms with Crippen molar-refractivity contribution in [1.82, 2.24) is 25.9 Å². The fourth-order valence-electron chi connectivity index (χ4n) is 1.68. The molecule has 1 heterocycles. The molecule has 0 saturated heterocycles. The van der Waals surface area contributed by atoms with E-state index in [1.165, 1.54) is 0 Å². The first kappa shape index (κ1) is 13.9. The summed E-state index contributed by atoms with van der Waals surface area (Å²) < 4.78 is 0. The molecule has 2 rings (SSSR count). The van der Waals surface area contributed by atoms with Crippen LogP contribution in [0.15, 0.2) is 24.3 Å².